The number of carbonyl (C=O) groups excluding carboxylic acids is 1. The molecule has 1 amide bonds. The zero-order valence-electron chi connectivity index (χ0n) is 35.4. The topological polar surface area (TPSA) is 168 Å². The zero-order chi connectivity index (χ0) is 43.9. The number of benzene rings is 3. The molecular formula is C47H51ClN8O6S. The van der Waals surface area contributed by atoms with Crippen molar-refractivity contribution in [2.24, 2.45) is 11.3 Å². The van der Waals surface area contributed by atoms with Gasteiger partial charge in [-0.1, -0.05) is 43.2 Å². The number of nitro benzene ring substituents is 1. The third kappa shape index (κ3) is 9.19. The normalized spacial score (nSPS) is 17.7. The third-order valence-corrected chi connectivity index (χ3v) is 14.4. The summed E-state index contributed by atoms with van der Waals surface area (Å²) in [7, 11) is -4.54. The highest BCUT2D eigenvalue weighted by Crippen LogP contribution is 2.43. The van der Waals surface area contributed by atoms with Crippen molar-refractivity contribution in [3.8, 4) is 5.69 Å². The molecule has 0 unspecified atom stereocenters. The number of nitro groups is 1. The number of aromatic nitrogens is 3. The number of amides is 1. The first kappa shape index (κ1) is 42.6. The highest BCUT2D eigenvalue weighted by Gasteiger charge is 2.31. The van der Waals surface area contributed by atoms with Crippen LogP contribution in [-0.4, -0.2) is 91.2 Å². The van der Waals surface area contributed by atoms with E-state index in [1.165, 1.54) is 28.8 Å². The number of rotatable bonds is 12. The van der Waals surface area contributed by atoms with E-state index in [1.807, 2.05) is 59.4 Å². The molecule has 1 aliphatic carbocycles. The van der Waals surface area contributed by atoms with Gasteiger partial charge >= 0.3 is 0 Å². The molecule has 3 aliphatic rings. The molecule has 63 heavy (non-hydrogen) atoms. The van der Waals surface area contributed by atoms with Crippen molar-refractivity contribution in [1.29, 1.82) is 0 Å². The summed E-state index contributed by atoms with van der Waals surface area (Å²) in [6.07, 6.45) is 8.51. The van der Waals surface area contributed by atoms with Crippen LogP contribution in [0, 0.1) is 21.4 Å². The number of sulfonamides is 1. The second-order valence-electron chi connectivity index (χ2n) is 17.7. The van der Waals surface area contributed by atoms with E-state index in [2.05, 4.69) is 50.8 Å². The number of ether oxygens (including phenoxy) is 1. The van der Waals surface area contributed by atoms with Crippen LogP contribution in [-0.2, 0) is 14.8 Å². The van der Waals surface area contributed by atoms with Crippen LogP contribution in [0.5, 0.6) is 0 Å². The van der Waals surface area contributed by atoms with Crippen molar-refractivity contribution in [2.75, 3.05) is 62.7 Å². The van der Waals surface area contributed by atoms with E-state index >= 15 is 0 Å². The average Bonchev–Trinajstić information content (AvgIpc) is 3.92. The molecule has 3 aromatic carbocycles. The number of nitrogens with one attached hydrogen (secondary N) is 3. The summed E-state index contributed by atoms with van der Waals surface area (Å²) in [4.78, 5) is 38.1. The molecule has 0 atom stereocenters. The van der Waals surface area contributed by atoms with Crippen molar-refractivity contribution in [3.05, 3.63) is 123 Å². The lowest BCUT2D eigenvalue weighted by molar-refractivity contribution is -0.384. The van der Waals surface area contributed by atoms with E-state index in [0.717, 1.165) is 98.2 Å². The summed E-state index contributed by atoms with van der Waals surface area (Å²) in [5.41, 5.74) is 7.80. The Balaban J connectivity index is 0.976. The zero-order valence-corrected chi connectivity index (χ0v) is 37.0. The molecule has 0 radical (unpaired) electrons. The van der Waals surface area contributed by atoms with Gasteiger partial charge < -0.3 is 24.5 Å². The van der Waals surface area contributed by atoms with Gasteiger partial charge in [0.15, 0.2) is 0 Å². The minimum absolute atomic E-state index is 0.110. The number of allylic oxidation sites excluding steroid dienone is 1. The molecule has 0 saturated carbocycles. The minimum Gasteiger partial charge on any atom is -0.381 e. The highest BCUT2D eigenvalue weighted by atomic mass is 35.5. The number of piperazine rings is 1. The standard InChI is InChI=1S/C47H51ClN8O6S/c1-47(2)16-11-34(39(28-47)32-3-5-35(48)6-4-32)30-53-19-21-54(22-20-53)36-7-9-38(42(26-36)55-18-13-41-43(55)25-33-12-17-49-45(33)51-41)46(57)52-63(60,61)37-8-10-40(44(27-37)56(58)59)50-29-31-14-23-62-24-15-31/h3-10,12-13,17-18,25-27,31,50H,11,14-16,19-24,28-30H2,1-2H3,(H,49,51)(H,52,57). The minimum atomic E-state index is -4.54. The SMILES string of the molecule is CC1(C)CCC(CN2CCN(c3ccc(C(=O)NS(=O)(=O)c4ccc(NCC5CCOCC5)c([N+](=O)[O-])c4)c(-n4ccc5nc6[nH]ccc6cc54)c3)CC2)=C(c2ccc(Cl)cc2)C1. The summed E-state index contributed by atoms with van der Waals surface area (Å²) in [6.45, 7) is 10.5. The van der Waals surface area contributed by atoms with Crippen LogP contribution in [0.15, 0.2) is 102 Å². The van der Waals surface area contributed by atoms with E-state index in [-0.39, 0.29) is 22.6 Å². The van der Waals surface area contributed by atoms with Crippen LogP contribution < -0.4 is 14.9 Å². The second kappa shape index (κ2) is 17.4. The summed E-state index contributed by atoms with van der Waals surface area (Å²) < 4.78 is 37.2. The number of fused-ring (bicyclic) bond motifs is 2. The Morgan fingerprint density at radius 1 is 1.00 bits per heavy atom. The van der Waals surface area contributed by atoms with E-state index in [9.17, 15) is 23.3 Å². The van der Waals surface area contributed by atoms with Gasteiger partial charge in [-0.05, 0) is 115 Å². The molecule has 5 heterocycles. The molecule has 328 valence electrons. The molecule has 3 aromatic heterocycles. The van der Waals surface area contributed by atoms with E-state index in [1.54, 1.807) is 6.07 Å². The first-order valence-electron chi connectivity index (χ1n) is 21.5. The predicted molar refractivity (Wildman–Crippen MR) is 247 cm³/mol. The van der Waals surface area contributed by atoms with E-state index in [4.69, 9.17) is 21.3 Å². The van der Waals surface area contributed by atoms with Gasteiger partial charge in [-0.3, -0.25) is 19.8 Å². The Hall–Kier alpha value is -5.74. The molecule has 0 spiro atoms. The molecule has 2 saturated heterocycles. The van der Waals surface area contributed by atoms with Gasteiger partial charge in [0.05, 0.1) is 32.1 Å². The maximum atomic E-state index is 14.2. The highest BCUT2D eigenvalue weighted by molar-refractivity contribution is 7.90. The van der Waals surface area contributed by atoms with Gasteiger partial charge in [0.1, 0.15) is 11.3 Å². The van der Waals surface area contributed by atoms with Crippen molar-refractivity contribution >= 4 is 72.2 Å². The molecule has 2 aliphatic heterocycles. The maximum absolute atomic E-state index is 14.2. The fraction of sp³-hybridized carbons (Fsp3) is 0.362. The van der Waals surface area contributed by atoms with Gasteiger partial charge in [-0.25, -0.2) is 18.1 Å². The molecule has 3 N–H and O–H groups in total. The number of carbonyl (C=O) groups is 1. The van der Waals surface area contributed by atoms with Crippen molar-refractivity contribution in [3.63, 3.8) is 0 Å². The Kier molecular flexibility index (Phi) is 11.8. The van der Waals surface area contributed by atoms with Crippen LogP contribution >= 0.6 is 11.6 Å². The number of hydrogen-bond donors (Lipinski definition) is 3. The lowest BCUT2D eigenvalue weighted by Gasteiger charge is -2.39. The van der Waals surface area contributed by atoms with Gasteiger partial charge in [0, 0.05) is 87.0 Å². The summed E-state index contributed by atoms with van der Waals surface area (Å²) in [5.74, 6) is -0.593. The van der Waals surface area contributed by atoms with Crippen molar-refractivity contribution in [1.82, 2.24) is 24.2 Å². The van der Waals surface area contributed by atoms with Gasteiger partial charge in [-0.2, -0.15) is 0 Å². The number of hydrogen-bond acceptors (Lipinski definition) is 10. The summed E-state index contributed by atoms with van der Waals surface area (Å²) >= 11 is 6.26. The van der Waals surface area contributed by atoms with Crippen LogP contribution in [0.3, 0.4) is 0 Å². The first-order chi connectivity index (χ1) is 30.3. The molecule has 6 aromatic rings. The van der Waals surface area contributed by atoms with Crippen LogP contribution in [0.1, 0.15) is 61.9 Å². The number of nitrogens with zero attached hydrogens (tertiary/aromatic N) is 5. The monoisotopic (exact) mass is 890 g/mol. The summed E-state index contributed by atoms with van der Waals surface area (Å²) in [6, 6.07) is 23.0. The Morgan fingerprint density at radius 3 is 2.54 bits per heavy atom. The predicted octanol–water partition coefficient (Wildman–Crippen LogP) is 8.81. The quantitative estimate of drug-likeness (QED) is 0.0798. The smallest absolute Gasteiger partial charge is 0.293 e. The fourth-order valence-electron chi connectivity index (χ4n) is 9.16. The number of H-pyrrole nitrogens is 1. The van der Waals surface area contributed by atoms with Crippen LogP contribution in [0.25, 0.3) is 33.3 Å². The van der Waals surface area contributed by atoms with Gasteiger partial charge in [0.25, 0.3) is 21.6 Å². The average molecular weight is 891 g/mol. The number of aromatic amines is 1. The number of anilines is 2. The van der Waals surface area contributed by atoms with Crippen LogP contribution in [0.4, 0.5) is 17.1 Å². The molecule has 2 fully saturated rings. The lowest BCUT2D eigenvalue weighted by atomic mass is 9.72. The Labute approximate surface area is 371 Å². The summed E-state index contributed by atoms with van der Waals surface area (Å²) in [5, 5.41) is 16.9. The first-order valence-corrected chi connectivity index (χ1v) is 23.4. The van der Waals surface area contributed by atoms with Crippen LogP contribution in [0.2, 0.25) is 5.02 Å². The lowest BCUT2D eigenvalue weighted by Crippen LogP contribution is -2.47. The molecule has 0 bridgehead atoms. The number of pyridine rings is 1. The number of halogens is 1. The molecule has 14 nitrogen and oxygen atoms in total. The van der Waals surface area contributed by atoms with Crippen molar-refractivity contribution < 1.29 is 22.9 Å². The Morgan fingerprint density at radius 2 is 1.78 bits per heavy atom. The third-order valence-electron chi connectivity index (χ3n) is 12.8. The fourth-order valence-corrected chi connectivity index (χ4v) is 10.3. The Bertz CT molecular complexity index is 2840. The van der Waals surface area contributed by atoms with Crippen molar-refractivity contribution in [2.45, 2.75) is 50.8 Å². The maximum Gasteiger partial charge on any atom is 0.293 e. The molecular weight excluding hydrogens is 840 g/mol. The molecule has 9 rings (SSSR count). The van der Waals surface area contributed by atoms with E-state index < -0.39 is 31.4 Å². The van der Waals surface area contributed by atoms with Gasteiger partial charge in [-0.15, -0.1) is 0 Å². The molecule has 16 heteroatoms. The van der Waals surface area contributed by atoms with Gasteiger partial charge in [0.2, 0.25) is 0 Å². The largest absolute Gasteiger partial charge is 0.381 e. The second-order valence-corrected chi connectivity index (χ2v) is 19.8. The van der Waals surface area contributed by atoms with E-state index in [0.29, 0.717) is 31.0 Å².